The molecule has 1 saturated heterocycles. The lowest BCUT2D eigenvalue weighted by Gasteiger charge is -2.34. The van der Waals surface area contributed by atoms with E-state index in [0.29, 0.717) is 12.0 Å². The fraction of sp³-hybridized carbons (Fsp3) is 0.478. The zero-order chi connectivity index (χ0) is 19.9. The molecule has 162 valence electrons. The van der Waals surface area contributed by atoms with Crippen molar-refractivity contribution in [2.75, 3.05) is 37.7 Å². The van der Waals surface area contributed by atoms with Crippen LogP contribution in [0, 0.1) is 0 Å². The first kappa shape index (κ1) is 22.7. The number of nitrogens with zero attached hydrogens (tertiary/aromatic N) is 3. The second kappa shape index (κ2) is 11.4. The van der Waals surface area contributed by atoms with E-state index in [4.69, 9.17) is 9.73 Å². The minimum atomic E-state index is 0. The van der Waals surface area contributed by atoms with Crippen molar-refractivity contribution in [1.82, 2.24) is 15.6 Å². The van der Waals surface area contributed by atoms with Crippen molar-refractivity contribution in [2.45, 2.75) is 38.1 Å². The van der Waals surface area contributed by atoms with E-state index in [9.17, 15) is 0 Å². The number of rotatable bonds is 5. The summed E-state index contributed by atoms with van der Waals surface area (Å²) in [7, 11) is 0. The predicted octanol–water partition coefficient (Wildman–Crippen LogP) is 3.79. The number of anilines is 1. The van der Waals surface area contributed by atoms with E-state index < -0.39 is 0 Å². The summed E-state index contributed by atoms with van der Waals surface area (Å²) in [4.78, 5) is 11.8. The minimum Gasteiger partial charge on any atom is -0.493 e. The van der Waals surface area contributed by atoms with Crippen molar-refractivity contribution >= 4 is 35.8 Å². The van der Waals surface area contributed by atoms with Gasteiger partial charge in [0.05, 0.1) is 6.61 Å². The zero-order valence-corrected chi connectivity index (χ0v) is 19.9. The van der Waals surface area contributed by atoms with Gasteiger partial charge in [-0.1, -0.05) is 24.3 Å². The van der Waals surface area contributed by atoms with Crippen molar-refractivity contribution in [3.63, 3.8) is 0 Å². The average molecular weight is 521 g/mol. The number of para-hydroxylation sites is 1. The van der Waals surface area contributed by atoms with Crippen LogP contribution in [0.1, 0.15) is 37.7 Å². The first-order chi connectivity index (χ1) is 14.3. The van der Waals surface area contributed by atoms with E-state index >= 15 is 0 Å². The van der Waals surface area contributed by atoms with Gasteiger partial charge in [0.15, 0.2) is 5.96 Å². The molecule has 30 heavy (non-hydrogen) atoms. The molecule has 0 bridgehead atoms. The molecule has 1 aromatic heterocycles. The third-order valence-corrected chi connectivity index (χ3v) is 5.71. The standard InChI is InChI=1S/C23H31N5O.HI/c1-2-24-23(26-17-18-12-16-29-21-8-4-3-7-20(18)21)27-19-10-14-28(15-11-19)22-9-5-6-13-25-22;/h3-9,13,18-19H,2,10-12,14-17H2,1H3,(H2,24,26,27);1H. The summed E-state index contributed by atoms with van der Waals surface area (Å²) in [6, 6.07) is 14.9. The SMILES string of the molecule is CCNC(=NCC1CCOc2ccccc21)NC1CCN(c2ccccn2)CC1.I. The van der Waals surface area contributed by atoms with Crippen LogP contribution in [0.2, 0.25) is 0 Å². The fourth-order valence-corrected chi connectivity index (χ4v) is 4.11. The van der Waals surface area contributed by atoms with Gasteiger partial charge in [-0.3, -0.25) is 4.99 Å². The fourth-order valence-electron chi connectivity index (χ4n) is 4.11. The Balaban J connectivity index is 0.00000256. The summed E-state index contributed by atoms with van der Waals surface area (Å²) in [6.07, 6.45) is 5.05. The molecule has 1 aromatic carbocycles. The molecule has 6 nitrogen and oxygen atoms in total. The van der Waals surface area contributed by atoms with Gasteiger partial charge in [0.1, 0.15) is 11.6 Å². The number of guanidine groups is 1. The molecular weight excluding hydrogens is 489 g/mol. The third kappa shape index (κ3) is 5.77. The molecule has 1 atom stereocenters. The van der Waals surface area contributed by atoms with Crippen molar-refractivity contribution < 1.29 is 4.74 Å². The van der Waals surface area contributed by atoms with E-state index in [0.717, 1.165) is 69.6 Å². The minimum absolute atomic E-state index is 0. The molecule has 0 amide bonds. The maximum atomic E-state index is 5.79. The van der Waals surface area contributed by atoms with Gasteiger partial charge in [-0.2, -0.15) is 0 Å². The highest BCUT2D eigenvalue weighted by Crippen LogP contribution is 2.33. The normalized spacial score (nSPS) is 19.3. The van der Waals surface area contributed by atoms with Crippen LogP contribution < -0.4 is 20.3 Å². The Morgan fingerprint density at radius 2 is 1.93 bits per heavy atom. The first-order valence-electron chi connectivity index (χ1n) is 10.8. The zero-order valence-electron chi connectivity index (χ0n) is 17.6. The van der Waals surface area contributed by atoms with Crippen LogP contribution in [-0.4, -0.2) is 49.8 Å². The number of benzene rings is 1. The molecule has 0 spiro atoms. The molecule has 2 aliphatic rings. The topological polar surface area (TPSA) is 61.8 Å². The quantitative estimate of drug-likeness (QED) is 0.356. The number of pyridine rings is 1. The number of fused-ring (bicyclic) bond motifs is 1. The molecule has 7 heteroatoms. The van der Waals surface area contributed by atoms with Crippen LogP contribution in [0.4, 0.5) is 5.82 Å². The molecule has 1 fully saturated rings. The van der Waals surface area contributed by atoms with Crippen molar-refractivity contribution in [3.05, 3.63) is 54.2 Å². The highest BCUT2D eigenvalue weighted by atomic mass is 127. The summed E-state index contributed by atoms with van der Waals surface area (Å²) >= 11 is 0. The number of halogens is 1. The van der Waals surface area contributed by atoms with Gasteiger partial charge in [0.2, 0.25) is 0 Å². The highest BCUT2D eigenvalue weighted by molar-refractivity contribution is 14.0. The van der Waals surface area contributed by atoms with Crippen LogP contribution in [-0.2, 0) is 0 Å². The van der Waals surface area contributed by atoms with Gasteiger partial charge in [0, 0.05) is 44.3 Å². The lowest BCUT2D eigenvalue weighted by molar-refractivity contribution is 0.269. The van der Waals surface area contributed by atoms with Crippen LogP contribution in [0.5, 0.6) is 5.75 Å². The lowest BCUT2D eigenvalue weighted by atomic mass is 9.93. The molecule has 3 heterocycles. The Kier molecular flexibility index (Phi) is 8.60. The van der Waals surface area contributed by atoms with E-state index in [1.54, 1.807) is 0 Å². The van der Waals surface area contributed by atoms with Gasteiger partial charge >= 0.3 is 0 Å². The smallest absolute Gasteiger partial charge is 0.191 e. The molecule has 2 N–H and O–H groups in total. The molecule has 0 radical (unpaired) electrons. The van der Waals surface area contributed by atoms with Crippen molar-refractivity contribution in [3.8, 4) is 5.75 Å². The number of hydrogen-bond acceptors (Lipinski definition) is 4. The Morgan fingerprint density at radius 1 is 1.13 bits per heavy atom. The molecular formula is C23H32IN5O. The first-order valence-corrected chi connectivity index (χ1v) is 10.8. The Hall–Kier alpha value is -2.03. The van der Waals surface area contributed by atoms with Crippen LogP contribution in [0.15, 0.2) is 53.7 Å². The van der Waals surface area contributed by atoms with Gasteiger partial charge < -0.3 is 20.3 Å². The molecule has 4 rings (SSSR count). The number of aliphatic imine (C=N–C) groups is 1. The monoisotopic (exact) mass is 521 g/mol. The van der Waals surface area contributed by atoms with E-state index in [1.807, 2.05) is 18.3 Å². The third-order valence-electron chi connectivity index (χ3n) is 5.71. The van der Waals surface area contributed by atoms with Crippen LogP contribution in [0.3, 0.4) is 0 Å². The van der Waals surface area contributed by atoms with Gasteiger partial charge in [-0.15, -0.1) is 24.0 Å². The molecule has 0 aliphatic carbocycles. The maximum absolute atomic E-state index is 5.79. The molecule has 2 aromatic rings. The molecule has 0 saturated carbocycles. The number of piperidine rings is 1. The summed E-state index contributed by atoms with van der Waals surface area (Å²) in [5, 5.41) is 7.07. The number of aromatic nitrogens is 1. The summed E-state index contributed by atoms with van der Waals surface area (Å²) < 4.78 is 5.79. The molecule has 1 unspecified atom stereocenters. The van der Waals surface area contributed by atoms with Crippen LogP contribution in [0.25, 0.3) is 0 Å². The maximum Gasteiger partial charge on any atom is 0.191 e. The second-order valence-electron chi connectivity index (χ2n) is 7.69. The van der Waals surface area contributed by atoms with E-state index in [-0.39, 0.29) is 24.0 Å². The number of nitrogens with one attached hydrogen (secondary N) is 2. The Bertz CT molecular complexity index is 808. The van der Waals surface area contributed by atoms with Crippen molar-refractivity contribution in [2.24, 2.45) is 4.99 Å². The van der Waals surface area contributed by atoms with E-state index in [2.05, 4.69) is 57.8 Å². The van der Waals surface area contributed by atoms with Gasteiger partial charge in [0.25, 0.3) is 0 Å². The number of ether oxygens (including phenoxy) is 1. The lowest BCUT2D eigenvalue weighted by Crippen LogP contribution is -2.49. The Morgan fingerprint density at radius 3 is 2.70 bits per heavy atom. The number of hydrogen-bond donors (Lipinski definition) is 2. The Labute approximate surface area is 196 Å². The molecule has 2 aliphatic heterocycles. The predicted molar refractivity (Wildman–Crippen MR) is 133 cm³/mol. The van der Waals surface area contributed by atoms with Gasteiger partial charge in [-0.25, -0.2) is 4.98 Å². The highest BCUT2D eigenvalue weighted by Gasteiger charge is 2.23. The largest absolute Gasteiger partial charge is 0.493 e. The van der Waals surface area contributed by atoms with Crippen molar-refractivity contribution in [1.29, 1.82) is 0 Å². The van der Waals surface area contributed by atoms with Crippen LogP contribution >= 0.6 is 24.0 Å². The average Bonchev–Trinajstić information content (AvgIpc) is 2.79. The summed E-state index contributed by atoms with van der Waals surface area (Å²) in [6.45, 7) is 6.56. The summed E-state index contributed by atoms with van der Waals surface area (Å²) in [5.41, 5.74) is 1.28. The van der Waals surface area contributed by atoms with Gasteiger partial charge in [-0.05, 0) is 49.9 Å². The van der Waals surface area contributed by atoms with E-state index in [1.165, 1.54) is 5.56 Å². The summed E-state index contributed by atoms with van der Waals surface area (Å²) in [5.74, 6) is 3.43. The second-order valence-corrected chi connectivity index (χ2v) is 7.69.